The minimum Gasteiger partial charge on any atom is -0.508 e. The van der Waals surface area contributed by atoms with E-state index in [0.29, 0.717) is 28.3 Å². The zero-order valence-electron chi connectivity index (χ0n) is 17.5. The average molecular weight is 431 g/mol. The Labute approximate surface area is 184 Å². The summed E-state index contributed by atoms with van der Waals surface area (Å²) in [7, 11) is 3.06. The molecule has 1 aliphatic heterocycles. The third-order valence-corrected chi connectivity index (χ3v) is 5.37. The second-order valence-corrected chi connectivity index (χ2v) is 7.19. The number of anilines is 1. The van der Waals surface area contributed by atoms with E-state index in [1.165, 1.54) is 31.3 Å². The molecule has 162 valence electrons. The van der Waals surface area contributed by atoms with Crippen LogP contribution in [0.5, 0.6) is 17.2 Å². The molecule has 1 unspecified atom stereocenters. The molecule has 0 spiro atoms. The molecule has 4 rings (SSSR count). The van der Waals surface area contributed by atoms with E-state index < -0.39 is 17.7 Å². The smallest absolute Gasteiger partial charge is 0.300 e. The van der Waals surface area contributed by atoms with Gasteiger partial charge in [0.15, 0.2) is 0 Å². The van der Waals surface area contributed by atoms with E-state index in [4.69, 9.17) is 9.47 Å². The zero-order chi connectivity index (χ0) is 22.8. The fraction of sp³-hybridized carbons (Fsp3) is 0.120. The summed E-state index contributed by atoms with van der Waals surface area (Å²) >= 11 is 0. The van der Waals surface area contributed by atoms with Gasteiger partial charge < -0.3 is 19.7 Å². The lowest BCUT2D eigenvalue weighted by atomic mass is 9.95. The second-order valence-electron chi connectivity index (χ2n) is 7.19. The monoisotopic (exact) mass is 431 g/mol. The molecular weight excluding hydrogens is 410 g/mol. The number of carbonyl (C=O) groups is 2. The molecule has 7 heteroatoms. The minimum absolute atomic E-state index is 0.0401. The van der Waals surface area contributed by atoms with E-state index in [2.05, 4.69) is 0 Å². The van der Waals surface area contributed by atoms with Crippen LogP contribution in [-0.2, 0) is 9.59 Å². The van der Waals surface area contributed by atoms with Gasteiger partial charge in [0.1, 0.15) is 23.0 Å². The third kappa shape index (κ3) is 3.65. The van der Waals surface area contributed by atoms with Crippen LogP contribution in [0.25, 0.3) is 5.76 Å². The van der Waals surface area contributed by atoms with Gasteiger partial charge in [-0.1, -0.05) is 12.1 Å². The highest BCUT2D eigenvalue weighted by Crippen LogP contribution is 2.42. The van der Waals surface area contributed by atoms with Crippen molar-refractivity contribution in [3.8, 4) is 17.2 Å². The number of ketones is 1. The fourth-order valence-electron chi connectivity index (χ4n) is 3.72. The quantitative estimate of drug-likeness (QED) is 0.360. The van der Waals surface area contributed by atoms with Gasteiger partial charge in [-0.2, -0.15) is 0 Å². The van der Waals surface area contributed by atoms with Crippen LogP contribution in [0.3, 0.4) is 0 Å². The first-order valence-corrected chi connectivity index (χ1v) is 9.83. The number of phenolic OH excluding ortho intramolecular Hbond substituents is 1. The van der Waals surface area contributed by atoms with Crippen molar-refractivity contribution in [1.29, 1.82) is 0 Å². The topological polar surface area (TPSA) is 96.3 Å². The average Bonchev–Trinajstić information content (AvgIpc) is 3.09. The Morgan fingerprint density at radius 2 is 1.34 bits per heavy atom. The number of aliphatic hydroxyl groups is 1. The van der Waals surface area contributed by atoms with Crippen LogP contribution < -0.4 is 14.4 Å². The predicted octanol–water partition coefficient (Wildman–Crippen LogP) is 4.04. The Kier molecular flexibility index (Phi) is 5.55. The van der Waals surface area contributed by atoms with Gasteiger partial charge in [0.2, 0.25) is 0 Å². The van der Waals surface area contributed by atoms with Crippen LogP contribution in [0.15, 0.2) is 78.4 Å². The van der Waals surface area contributed by atoms with Gasteiger partial charge >= 0.3 is 0 Å². The molecule has 0 bridgehead atoms. The van der Waals surface area contributed by atoms with Gasteiger partial charge in [-0.05, 0) is 66.2 Å². The third-order valence-electron chi connectivity index (χ3n) is 5.37. The summed E-state index contributed by atoms with van der Waals surface area (Å²) in [6.45, 7) is 0. The zero-order valence-corrected chi connectivity index (χ0v) is 17.5. The number of aliphatic hydroxyl groups excluding tert-OH is 1. The normalized spacial score (nSPS) is 17.4. The molecule has 0 aliphatic carbocycles. The number of nitrogens with zero attached hydrogens (tertiary/aromatic N) is 1. The van der Waals surface area contributed by atoms with Crippen molar-refractivity contribution in [2.75, 3.05) is 19.1 Å². The maximum absolute atomic E-state index is 13.1. The Hall–Kier alpha value is -4.26. The molecule has 1 saturated heterocycles. The van der Waals surface area contributed by atoms with Gasteiger partial charge in [-0.15, -0.1) is 0 Å². The van der Waals surface area contributed by atoms with Crippen molar-refractivity contribution in [3.05, 3.63) is 89.5 Å². The number of aromatic hydroxyl groups is 1. The van der Waals surface area contributed by atoms with Crippen molar-refractivity contribution in [3.63, 3.8) is 0 Å². The van der Waals surface area contributed by atoms with Gasteiger partial charge in [-0.25, -0.2) is 0 Å². The molecule has 1 aliphatic rings. The highest BCUT2D eigenvalue weighted by atomic mass is 16.5. The maximum atomic E-state index is 13.1. The standard InChI is InChI=1S/C25H21NO6/c1-31-19-11-5-16(6-12-19)23(28)21-22(15-3-9-18(27)10-4-15)26(25(30)24(21)29)17-7-13-20(32-2)14-8-17/h3-14,22,27-28H,1-2H3/b23-21+. The molecule has 32 heavy (non-hydrogen) atoms. The van der Waals surface area contributed by atoms with Gasteiger partial charge in [0.25, 0.3) is 11.7 Å². The molecule has 3 aromatic rings. The van der Waals surface area contributed by atoms with E-state index in [1.54, 1.807) is 60.7 Å². The molecule has 1 atom stereocenters. The molecule has 1 heterocycles. The summed E-state index contributed by atoms with van der Waals surface area (Å²) in [6.07, 6.45) is 0. The Morgan fingerprint density at radius 3 is 1.88 bits per heavy atom. The molecule has 0 radical (unpaired) electrons. The molecule has 0 saturated carbocycles. The van der Waals surface area contributed by atoms with E-state index in [9.17, 15) is 19.8 Å². The van der Waals surface area contributed by atoms with Gasteiger partial charge in [0, 0.05) is 11.3 Å². The number of Topliss-reactive ketones (excluding diaryl/α,β-unsaturated/α-hetero) is 1. The highest BCUT2D eigenvalue weighted by Gasteiger charge is 2.46. The summed E-state index contributed by atoms with van der Waals surface area (Å²) in [5.74, 6) is -0.610. The fourth-order valence-corrected chi connectivity index (χ4v) is 3.72. The summed E-state index contributed by atoms with van der Waals surface area (Å²) in [5.41, 5.74) is 1.37. The maximum Gasteiger partial charge on any atom is 0.300 e. The van der Waals surface area contributed by atoms with Crippen molar-refractivity contribution in [1.82, 2.24) is 0 Å². The summed E-state index contributed by atoms with van der Waals surface area (Å²) < 4.78 is 10.3. The summed E-state index contributed by atoms with van der Waals surface area (Å²) in [4.78, 5) is 27.5. The first-order valence-electron chi connectivity index (χ1n) is 9.83. The summed E-state index contributed by atoms with van der Waals surface area (Å²) in [6, 6.07) is 18.5. The molecule has 0 aromatic heterocycles. The Balaban J connectivity index is 1.89. The lowest BCUT2D eigenvalue weighted by molar-refractivity contribution is -0.132. The van der Waals surface area contributed by atoms with Crippen LogP contribution in [0.2, 0.25) is 0 Å². The van der Waals surface area contributed by atoms with Crippen LogP contribution in [0, 0.1) is 0 Å². The van der Waals surface area contributed by atoms with Gasteiger partial charge in [0.05, 0.1) is 25.8 Å². The van der Waals surface area contributed by atoms with Crippen LogP contribution in [0.4, 0.5) is 5.69 Å². The van der Waals surface area contributed by atoms with E-state index >= 15 is 0 Å². The molecule has 2 N–H and O–H groups in total. The number of carbonyl (C=O) groups excluding carboxylic acids is 2. The van der Waals surface area contributed by atoms with Gasteiger partial charge in [-0.3, -0.25) is 14.5 Å². The predicted molar refractivity (Wildman–Crippen MR) is 119 cm³/mol. The Bertz CT molecular complexity index is 1180. The van der Waals surface area contributed by atoms with Crippen LogP contribution in [0.1, 0.15) is 17.2 Å². The lowest BCUT2D eigenvalue weighted by Gasteiger charge is -2.25. The van der Waals surface area contributed by atoms with E-state index in [0.717, 1.165) is 0 Å². The largest absolute Gasteiger partial charge is 0.508 e. The molecular formula is C25H21NO6. The molecule has 1 fully saturated rings. The van der Waals surface area contributed by atoms with Crippen LogP contribution >= 0.6 is 0 Å². The first kappa shape index (κ1) is 21.0. The van der Waals surface area contributed by atoms with E-state index in [-0.39, 0.29) is 17.1 Å². The SMILES string of the molecule is COc1ccc(/C(O)=C2\C(=O)C(=O)N(c3ccc(OC)cc3)C2c2ccc(O)cc2)cc1. The van der Waals surface area contributed by atoms with Crippen molar-refractivity contribution in [2.24, 2.45) is 0 Å². The number of ether oxygens (including phenoxy) is 2. The molecule has 1 amide bonds. The minimum atomic E-state index is -0.883. The van der Waals surface area contributed by atoms with E-state index in [1.807, 2.05) is 0 Å². The second kappa shape index (κ2) is 8.47. The highest BCUT2D eigenvalue weighted by molar-refractivity contribution is 6.51. The number of phenols is 1. The molecule has 7 nitrogen and oxygen atoms in total. The van der Waals surface area contributed by atoms with Crippen molar-refractivity contribution >= 4 is 23.1 Å². The lowest BCUT2D eigenvalue weighted by Crippen LogP contribution is -2.29. The van der Waals surface area contributed by atoms with Crippen molar-refractivity contribution < 1.29 is 29.3 Å². The number of rotatable bonds is 5. The molecule has 3 aromatic carbocycles. The summed E-state index contributed by atoms with van der Waals surface area (Å²) in [5, 5.41) is 20.8. The number of benzene rings is 3. The Morgan fingerprint density at radius 1 is 0.812 bits per heavy atom. The first-order chi connectivity index (χ1) is 15.4. The van der Waals surface area contributed by atoms with Crippen LogP contribution in [-0.4, -0.2) is 36.1 Å². The number of hydrogen-bond acceptors (Lipinski definition) is 6. The number of hydrogen-bond donors (Lipinski definition) is 2. The number of amides is 1. The van der Waals surface area contributed by atoms with Crippen molar-refractivity contribution in [2.45, 2.75) is 6.04 Å². The number of methoxy groups -OCH3 is 2.